The van der Waals surface area contributed by atoms with Gasteiger partial charge < -0.3 is 14.7 Å². The lowest BCUT2D eigenvalue weighted by atomic mass is 10.1. The van der Waals surface area contributed by atoms with E-state index in [0.29, 0.717) is 24.9 Å². The number of carboxylic acid groups (broad SMARTS) is 1. The minimum Gasteiger partial charge on any atom is -0.480 e. The first kappa shape index (κ1) is 24.9. The fourth-order valence-electron chi connectivity index (χ4n) is 4.68. The van der Waals surface area contributed by atoms with E-state index in [0.717, 1.165) is 9.87 Å². The molecule has 1 heterocycles. The molecule has 0 radical (unpaired) electrons. The minimum absolute atomic E-state index is 0.0122. The molecular weight excluding hydrogens is 468 g/mol. The van der Waals surface area contributed by atoms with Gasteiger partial charge in [0.25, 0.3) is 0 Å². The molecule has 0 spiro atoms. The third kappa shape index (κ3) is 4.96. The first-order valence-electron chi connectivity index (χ1n) is 11.5. The molecule has 1 aliphatic heterocycles. The molecule has 2 aliphatic rings. The highest BCUT2D eigenvalue weighted by molar-refractivity contribution is 7.89. The predicted molar refractivity (Wildman–Crippen MR) is 129 cm³/mol. The SMILES string of the molecule is COCC#Cc1ccc(S(=O)(=O)N(CCN2CCCC2=O)[C@]2(C(=O)O)C[C@H]2c2ccccc2)cc1. The molecule has 2 aromatic rings. The van der Waals surface area contributed by atoms with Crippen molar-refractivity contribution in [3.8, 4) is 11.8 Å². The van der Waals surface area contributed by atoms with Gasteiger partial charge in [0, 0.05) is 44.6 Å². The van der Waals surface area contributed by atoms with Crippen molar-refractivity contribution in [1.82, 2.24) is 9.21 Å². The van der Waals surface area contributed by atoms with E-state index in [4.69, 9.17) is 4.74 Å². The van der Waals surface area contributed by atoms with Gasteiger partial charge in [-0.05, 0) is 42.7 Å². The molecule has 8 nitrogen and oxygen atoms in total. The zero-order valence-electron chi connectivity index (χ0n) is 19.5. The molecule has 1 amide bonds. The van der Waals surface area contributed by atoms with E-state index in [1.807, 2.05) is 30.3 Å². The summed E-state index contributed by atoms with van der Waals surface area (Å²) in [4.78, 5) is 26.4. The molecule has 1 N–H and O–H groups in total. The van der Waals surface area contributed by atoms with E-state index in [2.05, 4.69) is 11.8 Å². The number of nitrogens with zero attached hydrogens (tertiary/aromatic N) is 2. The molecule has 184 valence electrons. The van der Waals surface area contributed by atoms with Crippen LogP contribution in [-0.4, -0.2) is 73.5 Å². The summed E-state index contributed by atoms with van der Waals surface area (Å²) in [5.41, 5.74) is -0.215. The van der Waals surface area contributed by atoms with Crippen molar-refractivity contribution in [2.75, 3.05) is 33.4 Å². The van der Waals surface area contributed by atoms with Crippen LogP contribution in [0.4, 0.5) is 0 Å². The normalized spacial score (nSPS) is 21.6. The van der Waals surface area contributed by atoms with Gasteiger partial charge in [-0.15, -0.1) is 0 Å². The molecule has 0 aromatic heterocycles. The van der Waals surface area contributed by atoms with Gasteiger partial charge in [-0.1, -0.05) is 42.2 Å². The Bertz CT molecular complexity index is 1250. The lowest BCUT2D eigenvalue weighted by Gasteiger charge is -2.31. The Labute approximate surface area is 205 Å². The molecule has 0 unspecified atom stereocenters. The fraction of sp³-hybridized carbons (Fsp3) is 0.385. The van der Waals surface area contributed by atoms with Crippen LogP contribution in [0.5, 0.6) is 0 Å². The lowest BCUT2D eigenvalue weighted by Crippen LogP contribution is -2.51. The number of rotatable bonds is 9. The van der Waals surface area contributed by atoms with Crippen molar-refractivity contribution in [3.05, 3.63) is 65.7 Å². The number of aliphatic carboxylic acids is 1. The summed E-state index contributed by atoms with van der Waals surface area (Å²) in [5, 5.41) is 10.3. The monoisotopic (exact) mass is 496 g/mol. The summed E-state index contributed by atoms with van der Waals surface area (Å²) in [7, 11) is -2.66. The van der Waals surface area contributed by atoms with Crippen molar-refractivity contribution in [2.45, 2.75) is 35.6 Å². The molecule has 1 saturated carbocycles. The van der Waals surface area contributed by atoms with Crippen LogP contribution in [0.3, 0.4) is 0 Å². The standard InChI is InChI=1S/C26H28N2O6S/c1-34-18-6-7-20-11-13-22(14-12-20)35(32,33)28(17-16-27-15-5-10-24(27)29)26(25(30)31)19-23(26)21-8-3-2-4-9-21/h2-4,8-9,11-14,23H,5,10,15-19H2,1H3,(H,30,31)/t23-,26+/m0/s1. The Morgan fingerprint density at radius 1 is 1.20 bits per heavy atom. The van der Waals surface area contributed by atoms with Crippen molar-refractivity contribution in [2.24, 2.45) is 0 Å². The Hall–Kier alpha value is -3.19. The molecule has 2 atom stereocenters. The maximum Gasteiger partial charge on any atom is 0.325 e. The summed E-state index contributed by atoms with van der Waals surface area (Å²) in [6, 6.07) is 15.1. The third-order valence-corrected chi connectivity index (χ3v) is 8.54. The highest BCUT2D eigenvalue weighted by atomic mass is 32.2. The van der Waals surface area contributed by atoms with Gasteiger partial charge in [0.05, 0.1) is 4.90 Å². The minimum atomic E-state index is -4.19. The van der Waals surface area contributed by atoms with E-state index in [-0.39, 0.29) is 36.9 Å². The zero-order chi connectivity index (χ0) is 25.1. The van der Waals surface area contributed by atoms with Gasteiger partial charge in [-0.25, -0.2) is 8.42 Å². The molecular formula is C26H28N2O6S. The summed E-state index contributed by atoms with van der Waals surface area (Å²) in [5.74, 6) is 3.99. The van der Waals surface area contributed by atoms with E-state index in [1.54, 1.807) is 17.0 Å². The topological polar surface area (TPSA) is 104 Å². The average Bonchev–Trinajstić information content (AvgIpc) is 3.48. The Kier molecular flexibility index (Phi) is 7.26. The number of likely N-dealkylation sites (tertiary alicyclic amines) is 1. The van der Waals surface area contributed by atoms with E-state index < -0.39 is 27.4 Å². The molecule has 9 heteroatoms. The van der Waals surface area contributed by atoms with Gasteiger partial charge in [0.1, 0.15) is 12.1 Å². The predicted octanol–water partition coefficient (Wildman–Crippen LogP) is 2.31. The van der Waals surface area contributed by atoms with Crippen LogP contribution in [-0.2, 0) is 24.3 Å². The largest absolute Gasteiger partial charge is 0.480 e. The first-order valence-corrected chi connectivity index (χ1v) is 12.9. The van der Waals surface area contributed by atoms with Gasteiger partial charge in [-0.3, -0.25) is 9.59 Å². The van der Waals surface area contributed by atoms with Crippen molar-refractivity contribution in [1.29, 1.82) is 0 Å². The second-order valence-electron chi connectivity index (χ2n) is 8.72. The highest BCUT2D eigenvalue weighted by Crippen LogP contribution is 2.57. The van der Waals surface area contributed by atoms with Gasteiger partial charge in [0.2, 0.25) is 15.9 Å². The van der Waals surface area contributed by atoms with Crippen LogP contribution >= 0.6 is 0 Å². The number of benzene rings is 2. The summed E-state index contributed by atoms with van der Waals surface area (Å²) >= 11 is 0. The molecule has 4 rings (SSSR count). The van der Waals surface area contributed by atoms with Crippen LogP contribution in [0, 0.1) is 11.8 Å². The van der Waals surface area contributed by atoms with E-state index >= 15 is 0 Å². The van der Waals surface area contributed by atoms with Gasteiger partial charge >= 0.3 is 5.97 Å². The first-order chi connectivity index (χ1) is 16.8. The van der Waals surface area contributed by atoms with E-state index in [9.17, 15) is 23.1 Å². The number of carbonyl (C=O) groups is 2. The van der Waals surface area contributed by atoms with Gasteiger partial charge in [0.15, 0.2) is 0 Å². The third-order valence-electron chi connectivity index (χ3n) is 6.58. The number of methoxy groups -OCH3 is 1. The Morgan fingerprint density at radius 3 is 2.51 bits per heavy atom. The van der Waals surface area contributed by atoms with Crippen LogP contribution in [0.1, 0.15) is 36.3 Å². The van der Waals surface area contributed by atoms with Crippen molar-refractivity contribution in [3.63, 3.8) is 0 Å². The molecule has 1 saturated heterocycles. The van der Waals surface area contributed by atoms with E-state index in [1.165, 1.54) is 19.2 Å². The second-order valence-corrected chi connectivity index (χ2v) is 10.6. The number of carboxylic acids is 1. The number of sulfonamides is 1. The lowest BCUT2D eigenvalue weighted by molar-refractivity contribution is -0.143. The van der Waals surface area contributed by atoms with Crippen LogP contribution < -0.4 is 0 Å². The maximum atomic E-state index is 13.9. The van der Waals surface area contributed by atoms with Crippen molar-refractivity contribution < 1.29 is 27.9 Å². The average molecular weight is 497 g/mol. The number of ether oxygens (including phenoxy) is 1. The van der Waals surface area contributed by atoms with Crippen molar-refractivity contribution >= 4 is 21.9 Å². The summed E-state index contributed by atoms with van der Waals surface area (Å²) < 4.78 is 33.7. The highest BCUT2D eigenvalue weighted by Gasteiger charge is 2.67. The number of amides is 1. The Morgan fingerprint density at radius 2 is 1.91 bits per heavy atom. The van der Waals surface area contributed by atoms with Crippen LogP contribution in [0.15, 0.2) is 59.5 Å². The fourth-order valence-corrected chi connectivity index (χ4v) is 6.45. The molecule has 2 fully saturated rings. The van der Waals surface area contributed by atoms with Crippen LogP contribution in [0.2, 0.25) is 0 Å². The summed E-state index contributed by atoms with van der Waals surface area (Å²) in [6.07, 6.45) is 1.31. The quantitative estimate of drug-likeness (QED) is 0.535. The molecule has 0 bridgehead atoms. The summed E-state index contributed by atoms with van der Waals surface area (Å²) in [6.45, 7) is 0.850. The molecule has 1 aliphatic carbocycles. The number of hydrogen-bond donors (Lipinski definition) is 1. The van der Waals surface area contributed by atoms with Crippen LogP contribution in [0.25, 0.3) is 0 Å². The number of hydrogen-bond acceptors (Lipinski definition) is 5. The molecule has 2 aromatic carbocycles. The smallest absolute Gasteiger partial charge is 0.325 e. The zero-order valence-corrected chi connectivity index (χ0v) is 20.3. The second kappa shape index (κ2) is 10.2. The van der Waals surface area contributed by atoms with Gasteiger partial charge in [-0.2, -0.15) is 4.31 Å². The number of carbonyl (C=O) groups excluding carboxylic acids is 1. The maximum absolute atomic E-state index is 13.9. The Balaban J connectivity index is 1.69. The molecule has 35 heavy (non-hydrogen) atoms.